The molecule has 33 heavy (non-hydrogen) atoms. The number of nitrogens with zero attached hydrogens (tertiary/aromatic N) is 3. The number of ether oxygens (including phenoxy) is 1. The molecule has 3 heterocycles. The molecule has 0 radical (unpaired) electrons. The first-order chi connectivity index (χ1) is 16.1. The number of fused-ring (bicyclic) bond motifs is 3. The molecule has 6 nitrogen and oxygen atoms in total. The van der Waals surface area contributed by atoms with Gasteiger partial charge in [-0.3, -0.25) is 9.78 Å². The lowest BCUT2D eigenvalue weighted by Gasteiger charge is -2.49. The largest absolute Gasteiger partial charge is 0.497 e. The van der Waals surface area contributed by atoms with Gasteiger partial charge in [-0.05, 0) is 60.0 Å². The van der Waals surface area contributed by atoms with Crippen molar-refractivity contribution in [2.45, 2.75) is 19.0 Å². The van der Waals surface area contributed by atoms with E-state index in [-0.39, 0.29) is 23.7 Å². The van der Waals surface area contributed by atoms with Crippen LogP contribution in [0.3, 0.4) is 0 Å². The van der Waals surface area contributed by atoms with Crippen molar-refractivity contribution in [2.24, 2.45) is 5.92 Å². The van der Waals surface area contributed by atoms with Crippen LogP contribution in [0.1, 0.15) is 11.1 Å². The fourth-order valence-electron chi connectivity index (χ4n) is 4.91. The number of piperazine rings is 1. The number of aromatic nitrogens is 1. The lowest BCUT2D eigenvalue weighted by atomic mass is 9.83. The number of hydrogen-bond donors (Lipinski definition) is 1. The van der Waals surface area contributed by atoms with E-state index in [1.54, 1.807) is 19.5 Å². The molecule has 3 aromatic rings. The summed E-state index contributed by atoms with van der Waals surface area (Å²) in [5.74, 6) is 0.415. The van der Waals surface area contributed by atoms with Crippen molar-refractivity contribution >= 4 is 17.3 Å². The number of halogens is 1. The van der Waals surface area contributed by atoms with Crippen LogP contribution < -0.4 is 19.9 Å². The third kappa shape index (κ3) is 4.35. The third-order valence-electron chi connectivity index (χ3n) is 6.67. The van der Waals surface area contributed by atoms with Crippen LogP contribution in [-0.4, -0.2) is 43.7 Å². The number of carbonyl (C=O) groups excluding carboxylic acids is 1. The van der Waals surface area contributed by atoms with Gasteiger partial charge in [-0.2, -0.15) is 0 Å². The molecule has 2 aromatic carbocycles. The Morgan fingerprint density at radius 2 is 1.91 bits per heavy atom. The quantitative estimate of drug-likeness (QED) is 0.651. The van der Waals surface area contributed by atoms with Crippen LogP contribution in [0.2, 0.25) is 0 Å². The van der Waals surface area contributed by atoms with Gasteiger partial charge in [-0.1, -0.05) is 6.07 Å². The topological polar surface area (TPSA) is 57.7 Å². The van der Waals surface area contributed by atoms with E-state index >= 15 is 0 Å². The highest BCUT2D eigenvalue weighted by Gasteiger charge is 2.41. The Hall–Kier alpha value is -3.61. The lowest BCUT2D eigenvalue weighted by molar-refractivity contribution is -0.126. The average molecular weight is 447 g/mol. The van der Waals surface area contributed by atoms with Gasteiger partial charge in [0.25, 0.3) is 0 Å². The molecule has 2 unspecified atom stereocenters. The Bertz CT molecular complexity index is 1120. The van der Waals surface area contributed by atoms with Gasteiger partial charge in [0.15, 0.2) is 0 Å². The summed E-state index contributed by atoms with van der Waals surface area (Å²) in [6, 6.07) is 16.5. The predicted molar refractivity (Wildman–Crippen MR) is 126 cm³/mol. The van der Waals surface area contributed by atoms with Crippen molar-refractivity contribution in [2.75, 3.05) is 36.5 Å². The van der Waals surface area contributed by atoms with Crippen LogP contribution in [0.4, 0.5) is 15.8 Å². The number of benzene rings is 2. The van der Waals surface area contributed by atoms with Crippen LogP contribution in [0.5, 0.6) is 5.75 Å². The van der Waals surface area contributed by atoms with E-state index in [0.717, 1.165) is 41.3 Å². The van der Waals surface area contributed by atoms with Gasteiger partial charge in [0.05, 0.1) is 19.1 Å². The highest BCUT2D eigenvalue weighted by atomic mass is 19.1. The van der Waals surface area contributed by atoms with Crippen molar-refractivity contribution in [3.8, 4) is 5.75 Å². The summed E-state index contributed by atoms with van der Waals surface area (Å²) in [4.78, 5) is 22.0. The van der Waals surface area contributed by atoms with Crippen molar-refractivity contribution in [3.05, 3.63) is 83.9 Å². The maximum Gasteiger partial charge on any atom is 0.225 e. The summed E-state index contributed by atoms with van der Waals surface area (Å²) in [5, 5.41) is 3.13. The second kappa shape index (κ2) is 9.10. The van der Waals surface area contributed by atoms with Crippen molar-refractivity contribution in [3.63, 3.8) is 0 Å². The Kier molecular flexibility index (Phi) is 5.86. The standard InChI is InChI=1S/C26H27FN4O2/c1-33-22-7-2-19-14-23(26(32)29-16-18-8-10-28-11-9-18)25-17-30(12-13-31(25)24(19)15-22)21-5-3-20(27)4-6-21/h2-11,15,23,25H,12-14,16-17H2,1H3,(H,29,32). The molecule has 2 atom stereocenters. The van der Waals surface area contributed by atoms with Crippen LogP contribution >= 0.6 is 0 Å². The molecule has 1 fully saturated rings. The maximum atomic E-state index is 13.5. The van der Waals surface area contributed by atoms with Gasteiger partial charge in [0, 0.05) is 56.0 Å². The van der Waals surface area contributed by atoms with Gasteiger partial charge in [-0.15, -0.1) is 0 Å². The van der Waals surface area contributed by atoms with Crippen LogP contribution in [0, 0.1) is 11.7 Å². The van der Waals surface area contributed by atoms with E-state index in [1.165, 1.54) is 12.1 Å². The van der Waals surface area contributed by atoms with Crippen molar-refractivity contribution < 1.29 is 13.9 Å². The summed E-state index contributed by atoms with van der Waals surface area (Å²) in [5.41, 5.74) is 4.29. The molecule has 2 aliphatic rings. The molecule has 170 valence electrons. The highest BCUT2D eigenvalue weighted by molar-refractivity contribution is 5.82. The SMILES string of the molecule is COc1ccc2c(c1)N1CCN(c3ccc(F)cc3)CC1C(C(=O)NCc1ccncc1)C2. The predicted octanol–water partition coefficient (Wildman–Crippen LogP) is 3.41. The Labute approximate surface area is 193 Å². The molecular formula is C26H27FN4O2. The summed E-state index contributed by atoms with van der Waals surface area (Å²) in [6.45, 7) is 2.73. The number of hydrogen-bond acceptors (Lipinski definition) is 5. The smallest absolute Gasteiger partial charge is 0.225 e. The number of rotatable bonds is 5. The summed E-state index contributed by atoms with van der Waals surface area (Å²) >= 11 is 0. The van der Waals surface area contributed by atoms with E-state index in [1.807, 2.05) is 30.3 Å². The molecule has 2 aliphatic heterocycles. The van der Waals surface area contributed by atoms with Crippen LogP contribution in [0.15, 0.2) is 67.0 Å². The zero-order valence-corrected chi connectivity index (χ0v) is 18.6. The minimum absolute atomic E-state index is 0.000786. The molecule has 0 saturated carbocycles. The molecule has 0 bridgehead atoms. The minimum atomic E-state index is -0.246. The first kappa shape index (κ1) is 21.2. The van der Waals surface area contributed by atoms with E-state index in [0.29, 0.717) is 19.5 Å². The van der Waals surface area contributed by atoms with Crippen LogP contribution in [-0.2, 0) is 17.8 Å². The second-order valence-electron chi connectivity index (χ2n) is 8.56. The number of pyridine rings is 1. The molecule has 5 rings (SSSR count). The summed E-state index contributed by atoms with van der Waals surface area (Å²) < 4.78 is 18.9. The van der Waals surface area contributed by atoms with Gasteiger partial charge in [0.1, 0.15) is 11.6 Å². The minimum Gasteiger partial charge on any atom is -0.497 e. The molecule has 1 amide bonds. The second-order valence-corrected chi connectivity index (χ2v) is 8.56. The molecule has 1 aromatic heterocycles. The third-order valence-corrected chi connectivity index (χ3v) is 6.67. The molecule has 7 heteroatoms. The first-order valence-corrected chi connectivity index (χ1v) is 11.2. The zero-order chi connectivity index (χ0) is 22.8. The van der Waals surface area contributed by atoms with Gasteiger partial charge < -0.3 is 19.9 Å². The number of amides is 1. The first-order valence-electron chi connectivity index (χ1n) is 11.2. The van der Waals surface area contributed by atoms with E-state index in [4.69, 9.17) is 4.74 Å². The Morgan fingerprint density at radius 3 is 2.67 bits per heavy atom. The fourth-order valence-corrected chi connectivity index (χ4v) is 4.91. The molecule has 0 spiro atoms. The molecule has 1 saturated heterocycles. The fraction of sp³-hybridized carbons (Fsp3) is 0.308. The number of anilines is 2. The zero-order valence-electron chi connectivity index (χ0n) is 18.6. The Balaban J connectivity index is 1.42. The maximum absolute atomic E-state index is 13.5. The van der Waals surface area contributed by atoms with Crippen LogP contribution in [0.25, 0.3) is 0 Å². The van der Waals surface area contributed by atoms with E-state index in [2.05, 4.69) is 32.2 Å². The van der Waals surface area contributed by atoms with Gasteiger partial charge in [0.2, 0.25) is 5.91 Å². The normalized spacial score (nSPS) is 19.5. The highest BCUT2D eigenvalue weighted by Crippen LogP contribution is 2.39. The van der Waals surface area contributed by atoms with Gasteiger partial charge >= 0.3 is 0 Å². The molecular weight excluding hydrogens is 419 g/mol. The number of nitrogens with one attached hydrogen (secondary N) is 1. The Morgan fingerprint density at radius 1 is 1.12 bits per heavy atom. The number of carbonyl (C=O) groups is 1. The lowest BCUT2D eigenvalue weighted by Crippen LogP contribution is -2.61. The van der Waals surface area contributed by atoms with Crippen molar-refractivity contribution in [1.29, 1.82) is 0 Å². The monoisotopic (exact) mass is 446 g/mol. The average Bonchev–Trinajstić information content (AvgIpc) is 2.87. The van der Waals surface area contributed by atoms with Crippen molar-refractivity contribution in [1.82, 2.24) is 10.3 Å². The molecule has 1 N–H and O–H groups in total. The van der Waals surface area contributed by atoms with E-state index in [9.17, 15) is 9.18 Å². The summed E-state index contributed by atoms with van der Waals surface area (Å²) in [6.07, 6.45) is 4.13. The number of methoxy groups -OCH3 is 1. The molecule has 0 aliphatic carbocycles. The summed E-state index contributed by atoms with van der Waals surface area (Å²) in [7, 11) is 1.67. The van der Waals surface area contributed by atoms with Gasteiger partial charge in [-0.25, -0.2) is 4.39 Å². The van der Waals surface area contributed by atoms with E-state index < -0.39 is 0 Å².